The van der Waals surface area contributed by atoms with Gasteiger partial charge in [-0.3, -0.25) is 0 Å². The molecule has 2 N–H and O–H groups in total. The molecule has 13 heavy (non-hydrogen) atoms. The maximum Gasteiger partial charge on any atom is 0.209 e. The maximum absolute atomic E-state index is 10.9. The second kappa shape index (κ2) is 2.27. The van der Waals surface area contributed by atoms with Crippen LogP contribution in [0, 0.1) is 17.8 Å². The van der Waals surface area contributed by atoms with E-state index >= 15 is 0 Å². The predicted molar refractivity (Wildman–Crippen MR) is 46.3 cm³/mol. The first-order chi connectivity index (χ1) is 6.04. The van der Waals surface area contributed by atoms with Gasteiger partial charge in [0, 0.05) is 5.92 Å². The summed E-state index contributed by atoms with van der Waals surface area (Å²) >= 11 is 0. The molecule has 2 saturated heterocycles. The van der Waals surface area contributed by atoms with Crippen molar-refractivity contribution in [1.82, 2.24) is 0 Å². The fraction of sp³-hybridized carbons (Fsp3) is 1.00. The summed E-state index contributed by atoms with van der Waals surface area (Å²) in [5.74, 6) is 1.69. The van der Waals surface area contributed by atoms with Crippen molar-refractivity contribution in [1.29, 1.82) is 0 Å². The van der Waals surface area contributed by atoms with Gasteiger partial charge in [-0.15, -0.1) is 0 Å². The van der Waals surface area contributed by atoms with Gasteiger partial charge in [0.05, 0.1) is 18.0 Å². The summed E-state index contributed by atoms with van der Waals surface area (Å²) < 4.78 is 27.5. The molecule has 74 valence electrons. The highest BCUT2D eigenvalue weighted by Gasteiger charge is 2.62. The second-order valence-electron chi connectivity index (χ2n) is 4.53. The third kappa shape index (κ3) is 1.21. The van der Waals surface area contributed by atoms with E-state index in [9.17, 15) is 8.42 Å². The molecule has 0 aromatic carbocycles. The van der Waals surface area contributed by atoms with Gasteiger partial charge in [-0.25, -0.2) is 13.6 Å². The monoisotopic (exact) mass is 203 g/mol. The summed E-state index contributed by atoms with van der Waals surface area (Å²) in [5, 5.41) is 5.02. The van der Waals surface area contributed by atoms with Crippen molar-refractivity contribution >= 4 is 10.0 Å². The third-order valence-electron chi connectivity index (χ3n) is 3.57. The number of nitrogens with two attached hydrogens (primary N) is 1. The van der Waals surface area contributed by atoms with Crippen LogP contribution < -0.4 is 5.14 Å². The van der Waals surface area contributed by atoms with Crippen LogP contribution >= 0.6 is 0 Å². The lowest BCUT2D eigenvalue weighted by atomic mass is 9.91. The summed E-state index contributed by atoms with van der Waals surface area (Å²) in [6, 6.07) is 0. The molecule has 4 nitrogen and oxygen atoms in total. The highest BCUT2D eigenvalue weighted by molar-refractivity contribution is 7.89. The summed E-state index contributed by atoms with van der Waals surface area (Å²) in [6.07, 6.45) is 2.70. The number of fused-ring (bicyclic) bond motifs is 5. The number of hydrogen-bond donors (Lipinski definition) is 1. The van der Waals surface area contributed by atoms with Crippen LogP contribution in [0.3, 0.4) is 0 Å². The Bertz CT molecular complexity index is 339. The molecular weight excluding hydrogens is 190 g/mol. The Labute approximate surface area is 77.5 Å². The van der Waals surface area contributed by atoms with E-state index in [-0.39, 0.29) is 17.8 Å². The van der Waals surface area contributed by atoms with Crippen LogP contribution in [-0.2, 0) is 14.8 Å². The highest BCUT2D eigenvalue weighted by Crippen LogP contribution is 2.60. The molecule has 0 aromatic rings. The minimum atomic E-state index is -3.31. The normalized spacial score (nSPS) is 52.2. The number of ether oxygens (including phenoxy) is 1. The zero-order valence-corrected chi connectivity index (χ0v) is 8.03. The van der Waals surface area contributed by atoms with E-state index in [2.05, 4.69) is 0 Å². The van der Waals surface area contributed by atoms with Crippen LogP contribution in [0.15, 0.2) is 0 Å². The molecule has 0 aromatic heterocycles. The van der Waals surface area contributed by atoms with Gasteiger partial charge >= 0.3 is 0 Å². The topological polar surface area (TPSA) is 69.4 Å². The highest BCUT2D eigenvalue weighted by atomic mass is 32.2. The molecule has 3 rings (SSSR count). The molecular formula is C8H13NO3S. The lowest BCUT2D eigenvalue weighted by molar-refractivity contribution is 0.0635. The van der Waals surface area contributed by atoms with Crippen molar-refractivity contribution in [2.75, 3.05) is 5.75 Å². The Morgan fingerprint density at radius 3 is 2.62 bits per heavy atom. The third-order valence-corrected chi connectivity index (χ3v) is 4.46. The summed E-state index contributed by atoms with van der Waals surface area (Å²) in [7, 11) is -3.31. The van der Waals surface area contributed by atoms with E-state index in [0.29, 0.717) is 12.0 Å². The Morgan fingerprint density at radius 2 is 2.08 bits per heavy atom. The van der Waals surface area contributed by atoms with Crippen molar-refractivity contribution in [3.8, 4) is 0 Å². The van der Waals surface area contributed by atoms with Gasteiger partial charge < -0.3 is 4.74 Å². The number of rotatable bonds is 2. The van der Waals surface area contributed by atoms with Crippen LogP contribution in [0.4, 0.5) is 0 Å². The minimum absolute atomic E-state index is 0.109. The molecule has 0 spiro atoms. The van der Waals surface area contributed by atoms with Crippen molar-refractivity contribution in [3.63, 3.8) is 0 Å². The van der Waals surface area contributed by atoms with Crippen LogP contribution in [0.25, 0.3) is 0 Å². The molecule has 3 aliphatic rings. The number of hydrogen-bond acceptors (Lipinski definition) is 3. The average molecular weight is 203 g/mol. The van der Waals surface area contributed by atoms with Crippen molar-refractivity contribution in [2.45, 2.75) is 25.0 Å². The summed E-state index contributed by atoms with van der Waals surface area (Å²) in [5.41, 5.74) is 0. The van der Waals surface area contributed by atoms with Gasteiger partial charge in [0.2, 0.25) is 10.0 Å². The van der Waals surface area contributed by atoms with Crippen LogP contribution in [0.2, 0.25) is 0 Å². The summed E-state index contributed by atoms with van der Waals surface area (Å²) in [4.78, 5) is 0. The van der Waals surface area contributed by atoms with Gasteiger partial charge in [0.15, 0.2) is 0 Å². The average Bonchev–Trinajstić information content (AvgIpc) is 2.59. The fourth-order valence-corrected chi connectivity index (χ4v) is 3.95. The van der Waals surface area contributed by atoms with E-state index in [1.807, 2.05) is 0 Å². The molecule has 1 aliphatic carbocycles. The largest absolute Gasteiger partial charge is 0.374 e. The predicted octanol–water partition coefficient (Wildman–Crippen LogP) is -0.302. The first-order valence-corrected chi connectivity index (χ1v) is 6.42. The number of primary sulfonamides is 1. The van der Waals surface area contributed by atoms with Gasteiger partial charge in [0.25, 0.3) is 0 Å². The Hall–Kier alpha value is -0.130. The molecule has 0 amide bonds. The first kappa shape index (κ1) is 8.20. The lowest BCUT2D eigenvalue weighted by Crippen LogP contribution is -2.30. The molecule has 2 aliphatic heterocycles. The molecule has 0 radical (unpaired) electrons. The molecule has 1 saturated carbocycles. The number of sulfonamides is 1. The molecule has 2 bridgehead atoms. The van der Waals surface area contributed by atoms with E-state index in [0.717, 1.165) is 12.3 Å². The maximum atomic E-state index is 10.9. The molecule has 5 atom stereocenters. The van der Waals surface area contributed by atoms with E-state index in [1.165, 1.54) is 6.42 Å². The van der Waals surface area contributed by atoms with Crippen LogP contribution in [-0.4, -0.2) is 26.4 Å². The quantitative estimate of drug-likeness (QED) is 0.669. The van der Waals surface area contributed by atoms with Gasteiger partial charge in [-0.2, -0.15) is 0 Å². The van der Waals surface area contributed by atoms with E-state index in [4.69, 9.17) is 9.88 Å². The zero-order valence-electron chi connectivity index (χ0n) is 7.22. The molecule has 0 unspecified atom stereocenters. The van der Waals surface area contributed by atoms with Gasteiger partial charge in [0.1, 0.15) is 0 Å². The van der Waals surface area contributed by atoms with Crippen LogP contribution in [0.1, 0.15) is 12.8 Å². The van der Waals surface area contributed by atoms with E-state index in [1.54, 1.807) is 0 Å². The fourth-order valence-electron chi connectivity index (χ4n) is 3.03. The van der Waals surface area contributed by atoms with Crippen LogP contribution in [0.5, 0.6) is 0 Å². The lowest BCUT2D eigenvalue weighted by Gasteiger charge is -2.16. The van der Waals surface area contributed by atoms with Crippen molar-refractivity contribution in [2.24, 2.45) is 22.9 Å². The molecule has 5 heteroatoms. The standard InChI is InChI=1S/C8H13NO3S/c9-13(10,11)3-4-1-7-5-2-6(5)8(4)12-7/h4-8H,1-3H2,(H2,9,10,11)/t4-,5+,6-,7-,8+/m0/s1. The summed E-state index contributed by atoms with van der Waals surface area (Å²) in [6.45, 7) is 0. The van der Waals surface area contributed by atoms with Gasteiger partial charge in [-0.1, -0.05) is 0 Å². The smallest absolute Gasteiger partial charge is 0.209 e. The second-order valence-corrected chi connectivity index (χ2v) is 6.19. The SMILES string of the molecule is NS(=O)(=O)C[C@@H]1C[C@@H]2O[C@H]1[C@H]1C[C@H]12. The van der Waals surface area contributed by atoms with Crippen molar-refractivity contribution < 1.29 is 13.2 Å². The zero-order chi connectivity index (χ0) is 9.22. The minimum Gasteiger partial charge on any atom is -0.374 e. The van der Waals surface area contributed by atoms with E-state index < -0.39 is 10.0 Å². The molecule has 2 heterocycles. The molecule has 3 fully saturated rings. The Kier molecular flexibility index (Phi) is 1.43. The Morgan fingerprint density at radius 1 is 1.31 bits per heavy atom. The Balaban J connectivity index is 1.75. The van der Waals surface area contributed by atoms with Gasteiger partial charge in [-0.05, 0) is 24.7 Å². The first-order valence-electron chi connectivity index (χ1n) is 4.70. The van der Waals surface area contributed by atoms with Crippen molar-refractivity contribution in [3.05, 3.63) is 0 Å².